The van der Waals surface area contributed by atoms with Crippen molar-refractivity contribution < 1.29 is 33.2 Å². The second-order valence-corrected chi connectivity index (χ2v) is 16.0. The van der Waals surface area contributed by atoms with Crippen LogP contribution in [0.2, 0.25) is 0 Å². The predicted molar refractivity (Wildman–Crippen MR) is 176 cm³/mol. The minimum atomic E-state index is -0.687. The number of piperidine rings is 2. The van der Waals surface area contributed by atoms with E-state index in [0.29, 0.717) is 38.6 Å². The molecule has 1 atom stereocenters. The molecule has 0 radical (unpaired) electrons. The number of carbonyl (C=O) groups is 3. The molecule has 1 aromatic rings. The fourth-order valence-electron chi connectivity index (χ4n) is 7.84. The van der Waals surface area contributed by atoms with E-state index in [-0.39, 0.29) is 29.9 Å². The van der Waals surface area contributed by atoms with Crippen LogP contribution in [0.1, 0.15) is 99.5 Å². The zero-order chi connectivity index (χ0) is 33.2. The third kappa shape index (κ3) is 5.85. The molecule has 5 aliphatic rings. The summed E-state index contributed by atoms with van der Waals surface area (Å²) in [6.07, 6.45) is 4.34. The van der Waals surface area contributed by atoms with Crippen LogP contribution < -0.4 is 10.4 Å². The van der Waals surface area contributed by atoms with Crippen molar-refractivity contribution in [3.8, 4) is 0 Å². The SMILES string of the molecule is CCOC(=O)[C@@H]1CCCN(C2CC(N3C(=O)C4(CCN(C(=O)OC(C)(C)C)CC4)c4ccc(B5OC(C)(C)C(C)(C)O5)cc43)C2)C1. The molecule has 1 saturated carbocycles. The number of carbonyl (C=O) groups excluding carboxylic acids is 3. The van der Waals surface area contributed by atoms with E-state index in [1.807, 2.05) is 61.5 Å². The first kappa shape index (κ1) is 33.3. The normalized spacial score (nSPS) is 28.7. The molecule has 0 bridgehead atoms. The van der Waals surface area contributed by atoms with Gasteiger partial charge in [-0.15, -0.1) is 0 Å². The molecular weight excluding hydrogens is 585 g/mol. The first-order chi connectivity index (χ1) is 21.5. The quantitative estimate of drug-likeness (QED) is 0.346. The summed E-state index contributed by atoms with van der Waals surface area (Å²) in [5.74, 6) is -0.0479. The molecule has 4 aliphatic heterocycles. The van der Waals surface area contributed by atoms with Crippen LogP contribution in [0, 0.1) is 5.92 Å². The maximum atomic E-state index is 14.7. The van der Waals surface area contributed by atoms with Crippen molar-refractivity contribution >= 4 is 36.2 Å². The fraction of sp³-hybridized carbons (Fsp3) is 0.743. The van der Waals surface area contributed by atoms with Crippen LogP contribution in [-0.2, 0) is 33.8 Å². The van der Waals surface area contributed by atoms with E-state index in [1.54, 1.807) is 4.90 Å². The minimum absolute atomic E-state index is 0.0658. The third-order valence-corrected chi connectivity index (χ3v) is 11.3. The molecule has 46 heavy (non-hydrogen) atoms. The summed E-state index contributed by atoms with van der Waals surface area (Å²) >= 11 is 0. The maximum absolute atomic E-state index is 14.7. The van der Waals surface area contributed by atoms with Crippen LogP contribution in [0.4, 0.5) is 10.5 Å². The molecule has 2 amide bonds. The first-order valence-corrected chi connectivity index (χ1v) is 17.3. The summed E-state index contributed by atoms with van der Waals surface area (Å²) in [7, 11) is -0.528. The molecule has 11 heteroatoms. The Bertz CT molecular complexity index is 1340. The summed E-state index contributed by atoms with van der Waals surface area (Å²) < 4.78 is 23.8. The van der Waals surface area contributed by atoms with Crippen LogP contribution in [0.3, 0.4) is 0 Å². The molecule has 4 fully saturated rings. The number of ether oxygens (including phenoxy) is 2. The number of anilines is 1. The summed E-state index contributed by atoms with van der Waals surface area (Å²) in [6, 6.07) is 6.65. The van der Waals surface area contributed by atoms with Crippen molar-refractivity contribution in [1.82, 2.24) is 9.80 Å². The van der Waals surface area contributed by atoms with E-state index in [0.717, 1.165) is 55.5 Å². The van der Waals surface area contributed by atoms with Gasteiger partial charge in [0.15, 0.2) is 0 Å². The van der Waals surface area contributed by atoms with E-state index in [9.17, 15) is 14.4 Å². The highest BCUT2D eigenvalue weighted by Crippen LogP contribution is 2.51. The van der Waals surface area contributed by atoms with Crippen molar-refractivity contribution in [2.45, 2.75) is 128 Å². The van der Waals surface area contributed by atoms with Gasteiger partial charge >= 0.3 is 19.2 Å². The number of fused-ring (bicyclic) bond motifs is 2. The van der Waals surface area contributed by atoms with Crippen molar-refractivity contribution in [3.63, 3.8) is 0 Å². The van der Waals surface area contributed by atoms with Crippen molar-refractivity contribution in [2.24, 2.45) is 5.92 Å². The topological polar surface area (TPSA) is 97.9 Å². The molecule has 252 valence electrons. The Kier molecular flexibility index (Phi) is 8.54. The lowest BCUT2D eigenvalue weighted by Gasteiger charge is -2.49. The average Bonchev–Trinajstić information content (AvgIpc) is 3.32. The Morgan fingerprint density at radius 3 is 2.26 bits per heavy atom. The lowest BCUT2D eigenvalue weighted by Crippen LogP contribution is -2.59. The number of benzene rings is 1. The predicted octanol–water partition coefficient (Wildman–Crippen LogP) is 4.41. The Hall–Kier alpha value is -2.63. The number of likely N-dealkylation sites (tertiary alicyclic amines) is 2. The third-order valence-electron chi connectivity index (χ3n) is 11.3. The van der Waals surface area contributed by atoms with Gasteiger partial charge in [-0.05, 0) is 118 Å². The van der Waals surface area contributed by atoms with Gasteiger partial charge in [0.25, 0.3) is 0 Å². The smallest absolute Gasteiger partial charge is 0.466 e. The van der Waals surface area contributed by atoms with E-state index < -0.39 is 29.3 Å². The first-order valence-electron chi connectivity index (χ1n) is 17.3. The fourth-order valence-corrected chi connectivity index (χ4v) is 7.84. The van der Waals surface area contributed by atoms with Gasteiger partial charge in [-0.2, -0.15) is 0 Å². The zero-order valence-corrected chi connectivity index (χ0v) is 29.0. The molecular formula is C35H52BN3O7. The highest BCUT2D eigenvalue weighted by Gasteiger charge is 2.57. The van der Waals surface area contributed by atoms with E-state index >= 15 is 0 Å². The largest absolute Gasteiger partial charge is 0.494 e. The number of esters is 1. The van der Waals surface area contributed by atoms with Crippen molar-refractivity contribution in [2.75, 3.05) is 37.7 Å². The van der Waals surface area contributed by atoms with Crippen LogP contribution in [-0.4, -0.2) is 96.6 Å². The van der Waals surface area contributed by atoms with Gasteiger partial charge in [0.05, 0.1) is 29.1 Å². The van der Waals surface area contributed by atoms with E-state index in [2.05, 4.69) is 21.9 Å². The summed E-state index contributed by atoms with van der Waals surface area (Å²) in [4.78, 5) is 46.3. The van der Waals surface area contributed by atoms with Crippen LogP contribution in [0.15, 0.2) is 18.2 Å². The Morgan fingerprint density at radius 2 is 1.65 bits per heavy atom. The molecule has 1 aliphatic carbocycles. The second-order valence-electron chi connectivity index (χ2n) is 16.0. The molecule has 0 aromatic heterocycles. The Morgan fingerprint density at radius 1 is 1.00 bits per heavy atom. The highest BCUT2D eigenvalue weighted by molar-refractivity contribution is 6.62. The van der Waals surface area contributed by atoms with Gasteiger partial charge in [-0.1, -0.05) is 12.1 Å². The number of hydrogen-bond acceptors (Lipinski definition) is 8. The van der Waals surface area contributed by atoms with Gasteiger partial charge in [0, 0.05) is 37.4 Å². The summed E-state index contributed by atoms with van der Waals surface area (Å²) in [6.45, 7) is 18.7. The molecule has 6 rings (SSSR count). The maximum Gasteiger partial charge on any atom is 0.494 e. The van der Waals surface area contributed by atoms with E-state index in [4.69, 9.17) is 18.8 Å². The number of hydrogen-bond donors (Lipinski definition) is 0. The highest BCUT2D eigenvalue weighted by atomic mass is 16.7. The number of rotatable bonds is 5. The summed E-state index contributed by atoms with van der Waals surface area (Å²) in [5.41, 5.74) is 0.669. The lowest BCUT2D eigenvalue weighted by molar-refractivity contribution is -0.150. The van der Waals surface area contributed by atoms with Crippen LogP contribution >= 0.6 is 0 Å². The number of amides is 2. The summed E-state index contributed by atoms with van der Waals surface area (Å²) in [5, 5.41) is 0. The lowest BCUT2D eigenvalue weighted by atomic mass is 9.71. The van der Waals surface area contributed by atoms with Crippen molar-refractivity contribution in [1.29, 1.82) is 0 Å². The van der Waals surface area contributed by atoms with Crippen molar-refractivity contribution in [3.05, 3.63) is 23.8 Å². The van der Waals surface area contributed by atoms with Gasteiger partial charge in [-0.25, -0.2) is 4.79 Å². The van der Waals surface area contributed by atoms with Crippen LogP contribution in [0.25, 0.3) is 0 Å². The molecule has 1 aromatic carbocycles. The molecule has 0 N–H and O–H groups in total. The minimum Gasteiger partial charge on any atom is -0.466 e. The Labute approximate surface area is 274 Å². The van der Waals surface area contributed by atoms with Gasteiger partial charge < -0.3 is 28.6 Å². The average molecular weight is 638 g/mol. The monoisotopic (exact) mass is 637 g/mol. The molecule has 0 unspecified atom stereocenters. The van der Waals surface area contributed by atoms with Gasteiger partial charge in [0.1, 0.15) is 5.60 Å². The van der Waals surface area contributed by atoms with Crippen LogP contribution in [0.5, 0.6) is 0 Å². The second kappa shape index (κ2) is 11.8. The zero-order valence-electron chi connectivity index (χ0n) is 29.0. The van der Waals surface area contributed by atoms with Gasteiger partial charge in [-0.3, -0.25) is 14.5 Å². The molecule has 10 nitrogen and oxygen atoms in total. The standard InChI is InChI=1S/C35H52BN3O7/c1-9-43-29(40)23-11-10-16-38(22-23)25-20-26(21-25)39-28-19-24(36-45-33(5,6)34(7,8)46-36)12-13-27(28)35(30(39)41)14-17-37(18-15-35)31(42)44-32(2,3)4/h12-13,19,23,25-26H,9-11,14-18,20-22H2,1-8H3/t23-,25?,26?/m1/s1. The van der Waals surface area contributed by atoms with E-state index in [1.165, 1.54) is 0 Å². The molecule has 3 saturated heterocycles. The molecule has 4 heterocycles. The Balaban J connectivity index is 1.24. The van der Waals surface area contributed by atoms with Gasteiger partial charge in [0.2, 0.25) is 5.91 Å². The molecule has 1 spiro atoms. The number of nitrogens with zero attached hydrogens (tertiary/aromatic N) is 3.